The second-order valence-electron chi connectivity index (χ2n) is 6.90. The minimum Gasteiger partial charge on any atom is -0.484 e. The number of piperazine rings is 1. The molecule has 6 nitrogen and oxygen atoms in total. The van der Waals surface area contributed by atoms with Gasteiger partial charge in [0.1, 0.15) is 17.4 Å². The summed E-state index contributed by atoms with van der Waals surface area (Å²) in [5.74, 6) is 0.219. The zero-order chi connectivity index (χ0) is 20.9. The molecule has 1 aliphatic heterocycles. The molecule has 1 aromatic heterocycles. The van der Waals surface area contributed by atoms with Crippen molar-refractivity contribution < 1.29 is 18.3 Å². The molecule has 154 valence electrons. The summed E-state index contributed by atoms with van der Waals surface area (Å²) >= 11 is 0. The van der Waals surface area contributed by atoms with E-state index >= 15 is 0 Å². The van der Waals surface area contributed by atoms with Gasteiger partial charge in [-0.15, -0.1) is 10.2 Å². The van der Waals surface area contributed by atoms with Gasteiger partial charge in [-0.05, 0) is 48.5 Å². The number of halogens is 2. The minimum atomic E-state index is -0.403. The number of hydrogen-bond donors (Lipinski definition) is 0. The van der Waals surface area contributed by atoms with Crippen molar-refractivity contribution in [3.05, 3.63) is 72.3 Å². The molecule has 1 aliphatic rings. The highest BCUT2D eigenvalue weighted by molar-refractivity contribution is 5.78. The maximum absolute atomic E-state index is 13.2. The lowest BCUT2D eigenvalue weighted by Crippen LogP contribution is -2.50. The Hall–Kier alpha value is -3.55. The third-order valence-electron chi connectivity index (χ3n) is 4.91. The number of hydrogen-bond acceptors (Lipinski definition) is 5. The topological polar surface area (TPSA) is 58.6 Å². The Kier molecular flexibility index (Phi) is 5.83. The van der Waals surface area contributed by atoms with Crippen molar-refractivity contribution in [2.24, 2.45) is 0 Å². The molecule has 3 aromatic rings. The summed E-state index contributed by atoms with van der Waals surface area (Å²) in [6, 6.07) is 15.5. The van der Waals surface area contributed by atoms with Crippen LogP contribution in [0.15, 0.2) is 60.7 Å². The molecule has 0 spiro atoms. The molecule has 0 N–H and O–H groups in total. The van der Waals surface area contributed by atoms with Crippen LogP contribution in [0.5, 0.6) is 5.75 Å². The van der Waals surface area contributed by atoms with Gasteiger partial charge < -0.3 is 14.5 Å². The summed E-state index contributed by atoms with van der Waals surface area (Å²) in [5, 5.41) is 8.51. The Morgan fingerprint density at radius 3 is 2.33 bits per heavy atom. The number of benzene rings is 2. The van der Waals surface area contributed by atoms with Gasteiger partial charge in [-0.2, -0.15) is 0 Å². The van der Waals surface area contributed by atoms with Gasteiger partial charge in [-0.25, -0.2) is 8.78 Å². The molecule has 2 aromatic carbocycles. The number of ether oxygens (including phenoxy) is 1. The van der Waals surface area contributed by atoms with E-state index in [-0.39, 0.29) is 18.3 Å². The Balaban J connectivity index is 1.29. The van der Waals surface area contributed by atoms with Crippen LogP contribution in [-0.2, 0) is 4.79 Å². The van der Waals surface area contributed by atoms with E-state index in [1.54, 1.807) is 23.1 Å². The largest absolute Gasteiger partial charge is 0.484 e. The normalized spacial score (nSPS) is 13.9. The van der Waals surface area contributed by atoms with Crippen LogP contribution in [0.25, 0.3) is 11.3 Å². The highest BCUT2D eigenvalue weighted by Crippen LogP contribution is 2.20. The second-order valence-corrected chi connectivity index (χ2v) is 6.90. The highest BCUT2D eigenvalue weighted by Gasteiger charge is 2.22. The molecule has 1 amide bonds. The van der Waals surface area contributed by atoms with Gasteiger partial charge in [0.2, 0.25) is 0 Å². The molecular weight excluding hydrogens is 390 g/mol. The van der Waals surface area contributed by atoms with Crippen LogP contribution in [0.1, 0.15) is 0 Å². The van der Waals surface area contributed by atoms with E-state index in [0.29, 0.717) is 37.6 Å². The predicted octanol–water partition coefficient (Wildman–Crippen LogP) is 3.15. The average Bonchev–Trinajstić information content (AvgIpc) is 2.78. The van der Waals surface area contributed by atoms with Crippen LogP contribution in [0.3, 0.4) is 0 Å². The molecule has 0 saturated carbocycles. The summed E-state index contributed by atoms with van der Waals surface area (Å²) in [5.41, 5.74) is 1.46. The molecule has 0 unspecified atom stereocenters. The maximum atomic E-state index is 13.2. The number of nitrogens with zero attached hydrogens (tertiary/aromatic N) is 4. The summed E-state index contributed by atoms with van der Waals surface area (Å²) in [6.07, 6.45) is 0. The number of carbonyl (C=O) groups is 1. The lowest BCUT2D eigenvalue weighted by molar-refractivity contribution is -0.133. The maximum Gasteiger partial charge on any atom is 0.260 e. The van der Waals surface area contributed by atoms with Crippen molar-refractivity contribution in [2.75, 3.05) is 37.7 Å². The smallest absolute Gasteiger partial charge is 0.260 e. The zero-order valence-electron chi connectivity index (χ0n) is 16.2. The molecule has 0 bridgehead atoms. The van der Waals surface area contributed by atoms with E-state index in [0.717, 1.165) is 11.4 Å². The molecule has 1 fully saturated rings. The van der Waals surface area contributed by atoms with Crippen LogP contribution in [0, 0.1) is 11.6 Å². The van der Waals surface area contributed by atoms with E-state index in [4.69, 9.17) is 4.74 Å². The third-order valence-corrected chi connectivity index (χ3v) is 4.91. The molecule has 30 heavy (non-hydrogen) atoms. The van der Waals surface area contributed by atoms with Crippen LogP contribution in [0.4, 0.5) is 14.6 Å². The highest BCUT2D eigenvalue weighted by atomic mass is 19.1. The molecule has 0 radical (unpaired) electrons. The first-order chi connectivity index (χ1) is 14.6. The van der Waals surface area contributed by atoms with Crippen molar-refractivity contribution in [2.45, 2.75) is 0 Å². The molecule has 4 rings (SSSR count). The molecule has 0 aliphatic carbocycles. The first-order valence-electron chi connectivity index (χ1n) is 9.59. The number of aromatic nitrogens is 2. The first kappa shape index (κ1) is 19.8. The monoisotopic (exact) mass is 410 g/mol. The molecule has 1 saturated heterocycles. The van der Waals surface area contributed by atoms with Gasteiger partial charge in [-0.1, -0.05) is 6.07 Å². The van der Waals surface area contributed by atoms with Crippen molar-refractivity contribution in [3.8, 4) is 17.0 Å². The number of anilines is 1. The van der Waals surface area contributed by atoms with Crippen molar-refractivity contribution in [3.63, 3.8) is 0 Å². The molecule has 8 heteroatoms. The summed E-state index contributed by atoms with van der Waals surface area (Å²) in [6.45, 7) is 2.18. The third kappa shape index (κ3) is 4.71. The van der Waals surface area contributed by atoms with E-state index in [1.807, 2.05) is 12.1 Å². The Labute approximate surface area is 172 Å². The second kappa shape index (κ2) is 8.86. The predicted molar refractivity (Wildman–Crippen MR) is 108 cm³/mol. The van der Waals surface area contributed by atoms with Crippen LogP contribution in [-0.4, -0.2) is 53.8 Å². The lowest BCUT2D eigenvalue weighted by Gasteiger charge is -2.35. The average molecular weight is 410 g/mol. The van der Waals surface area contributed by atoms with Gasteiger partial charge in [0.05, 0.1) is 5.69 Å². The van der Waals surface area contributed by atoms with Crippen LogP contribution in [0.2, 0.25) is 0 Å². The van der Waals surface area contributed by atoms with Crippen LogP contribution >= 0.6 is 0 Å². The quantitative estimate of drug-likeness (QED) is 0.647. The van der Waals surface area contributed by atoms with Crippen LogP contribution < -0.4 is 9.64 Å². The SMILES string of the molecule is O=C(COc1cccc(F)c1)N1CCN(c2ccc(-c3ccc(F)cc3)nn2)CC1. The van der Waals surface area contributed by atoms with Crippen molar-refractivity contribution in [1.29, 1.82) is 0 Å². The lowest BCUT2D eigenvalue weighted by atomic mass is 10.1. The van der Waals surface area contributed by atoms with E-state index in [2.05, 4.69) is 15.1 Å². The van der Waals surface area contributed by atoms with Gasteiger partial charge in [0, 0.05) is 37.8 Å². The van der Waals surface area contributed by atoms with Crippen molar-refractivity contribution >= 4 is 11.7 Å². The van der Waals surface area contributed by atoms with Crippen molar-refractivity contribution in [1.82, 2.24) is 15.1 Å². The standard InChI is InChI=1S/C22H20F2N4O2/c23-17-6-4-16(5-7-17)20-8-9-21(26-25-20)27-10-12-28(13-11-27)22(29)15-30-19-3-1-2-18(24)14-19/h1-9,14H,10-13,15H2. The Bertz CT molecular complexity index is 1000. The zero-order valence-corrected chi connectivity index (χ0v) is 16.2. The van der Waals surface area contributed by atoms with E-state index < -0.39 is 5.82 Å². The summed E-state index contributed by atoms with van der Waals surface area (Å²) in [4.78, 5) is 16.1. The molecular formula is C22H20F2N4O2. The fourth-order valence-corrected chi connectivity index (χ4v) is 3.25. The van der Waals surface area contributed by atoms with Gasteiger partial charge in [0.25, 0.3) is 5.91 Å². The number of carbonyl (C=O) groups excluding carboxylic acids is 1. The Morgan fingerprint density at radius 1 is 0.900 bits per heavy atom. The summed E-state index contributed by atoms with van der Waals surface area (Å²) in [7, 11) is 0. The fourth-order valence-electron chi connectivity index (χ4n) is 3.25. The molecule has 2 heterocycles. The van der Waals surface area contributed by atoms with Gasteiger partial charge in [0.15, 0.2) is 12.4 Å². The van der Waals surface area contributed by atoms with E-state index in [1.165, 1.54) is 30.3 Å². The van der Waals surface area contributed by atoms with Gasteiger partial charge >= 0.3 is 0 Å². The van der Waals surface area contributed by atoms with E-state index in [9.17, 15) is 13.6 Å². The minimum absolute atomic E-state index is 0.129. The number of amides is 1. The summed E-state index contributed by atoms with van der Waals surface area (Å²) < 4.78 is 31.6. The fraction of sp³-hybridized carbons (Fsp3) is 0.227. The molecule has 0 atom stereocenters. The number of rotatable bonds is 5. The van der Waals surface area contributed by atoms with Gasteiger partial charge in [-0.3, -0.25) is 4.79 Å². The Morgan fingerprint density at radius 2 is 1.67 bits per heavy atom. The first-order valence-corrected chi connectivity index (χ1v) is 9.59.